The van der Waals surface area contributed by atoms with Gasteiger partial charge in [0.25, 0.3) is 0 Å². The highest BCUT2D eigenvalue weighted by atomic mass is 15.1. The second-order valence-electron chi connectivity index (χ2n) is 7.00. The van der Waals surface area contributed by atoms with Gasteiger partial charge in [0, 0.05) is 31.5 Å². The Hall–Kier alpha value is -1.18. The molecule has 0 aliphatic heterocycles. The summed E-state index contributed by atoms with van der Waals surface area (Å²) in [5, 5.41) is 3.81. The van der Waals surface area contributed by atoms with Crippen LogP contribution in [-0.2, 0) is 0 Å². The predicted molar refractivity (Wildman–Crippen MR) is 87.6 cm³/mol. The highest BCUT2D eigenvalue weighted by Crippen LogP contribution is 2.44. The molecule has 2 aliphatic rings. The average Bonchev–Trinajstić information content (AvgIpc) is 3.25. The molecule has 0 radical (unpaired) electrons. The topological polar surface area (TPSA) is 15.3 Å². The fourth-order valence-electron chi connectivity index (χ4n) is 3.66. The van der Waals surface area contributed by atoms with Gasteiger partial charge in [-0.05, 0) is 68.2 Å². The summed E-state index contributed by atoms with van der Waals surface area (Å²) in [7, 11) is 4.20. The molecule has 2 fully saturated rings. The van der Waals surface area contributed by atoms with Crippen molar-refractivity contribution in [3.05, 3.63) is 23.8 Å². The van der Waals surface area contributed by atoms with Crippen LogP contribution in [0.25, 0.3) is 0 Å². The van der Waals surface area contributed by atoms with Gasteiger partial charge in [-0.2, -0.15) is 0 Å². The van der Waals surface area contributed by atoms with Gasteiger partial charge in [0.2, 0.25) is 0 Å². The first-order chi connectivity index (χ1) is 9.63. The zero-order valence-corrected chi connectivity index (χ0v) is 13.2. The van der Waals surface area contributed by atoms with Crippen molar-refractivity contribution in [2.24, 2.45) is 11.8 Å². The number of rotatable bonds is 4. The van der Waals surface area contributed by atoms with Crippen LogP contribution in [0.1, 0.15) is 44.1 Å². The van der Waals surface area contributed by atoms with Crippen LogP contribution in [0.2, 0.25) is 0 Å². The Kier molecular flexibility index (Phi) is 3.91. The second kappa shape index (κ2) is 5.67. The molecule has 1 aromatic carbocycles. The lowest BCUT2D eigenvalue weighted by molar-refractivity contribution is 0.303. The molecule has 0 spiro atoms. The van der Waals surface area contributed by atoms with E-state index < -0.39 is 0 Å². The van der Waals surface area contributed by atoms with Crippen LogP contribution in [0.3, 0.4) is 0 Å². The zero-order chi connectivity index (χ0) is 14.1. The van der Waals surface area contributed by atoms with Gasteiger partial charge in [0.15, 0.2) is 0 Å². The predicted octanol–water partition coefficient (Wildman–Crippen LogP) is 4.44. The van der Waals surface area contributed by atoms with Gasteiger partial charge in [-0.25, -0.2) is 0 Å². The zero-order valence-electron chi connectivity index (χ0n) is 13.2. The molecule has 2 atom stereocenters. The third-order valence-electron chi connectivity index (χ3n) is 5.09. The van der Waals surface area contributed by atoms with Crippen molar-refractivity contribution in [1.29, 1.82) is 0 Å². The maximum atomic E-state index is 3.81. The molecule has 2 unspecified atom stereocenters. The first-order valence-corrected chi connectivity index (χ1v) is 8.18. The van der Waals surface area contributed by atoms with Crippen molar-refractivity contribution in [2.45, 2.75) is 51.5 Å². The van der Waals surface area contributed by atoms with E-state index >= 15 is 0 Å². The summed E-state index contributed by atoms with van der Waals surface area (Å²) in [6, 6.07) is 7.45. The fourth-order valence-corrected chi connectivity index (χ4v) is 3.66. The number of nitrogens with zero attached hydrogens (tertiary/aromatic N) is 1. The second-order valence-corrected chi connectivity index (χ2v) is 7.00. The quantitative estimate of drug-likeness (QED) is 0.871. The first kappa shape index (κ1) is 13.8. The number of hydrogen-bond donors (Lipinski definition) is 1. The first-order valence-electron chi connectivity index (χ1n) is 8.18. The molecular formula is C18H28N2. The van der Waals surface area contributed by atoms with Crippen molar-refractivity contribution >= 4 is 11.4 Å². The highest BCUT2D eigenvalue weighted by Gasteiger charge is 2.34. The maximum absolute atomic E-state index is 3.81. The van der Waals surface area contributed by atoms with Crippen LogP contribution >= 0.6 is 0 Å². The Morgan fingerprint density at radius 3 is 2.50 bits per heavy atom. The summed E-state index contributed by atoms with van der Waals surface area (Å²) in [5.74, 6) is 2.07. The number of benzene rings is 1. The molecule has 0 bridgehead atoms. The monoisotopic (exact) mass is 272 g/mol. The number of aryl methyl sites for hydroxylation is 1. The van der Waals surface area contributed by atoms with E-state index in [0.29, 0.717) is 6.04 Å². The van der Waals surface area contributed by atoms with E-state index in [2.05, 4.69) is 49.4 Å². The van der Waals surface area contributed by atoms with E-state index in [9.17, 15) is 0 Å². The SMILES string of the molecule is Cc1cc(N(C)C)ccc1NC1CCCC(C2CC2)C1. The van der Waals surface area contributed by atoms with Gasteiger partial charge in [0.1, 0.15) is 0 Å². The van der Waals surface area contributed by atoms with Crippen LogP contribution in [0.5, 0.6) is 0 Å². The molecule has 0 amide bonds. The Balaban J connectivity index is 1.64. The summed E-state index contributed by atoms with van der Waals surface area (Å²) in [6.07, 6.45) is 8.61. The minimum atomic E-state index is 0.693. The molecule has 2 nitrogen and oxygen atoms in total. The van der Waals surface area contributed by atoms with E-state index in [4.69, 9.17) is 0 Å². The van der Waals surface area contributed by atoms with E-state index in [-0.39, 0.29) is 0 Å². The van der Waals surface area contributed by atoms with Gasteiger partial charge in [0.05, 0.1) is 0 Å². The Bertz CT molecular complexity index is 462. The van der Waals surface area contributed by atoms with Gasteiger partial charge in [-0.3, -0.25) is 0 Å². The molecule has 2 heteroatoms. The number of nitrogens with one attached hydrogen (secondary N) is 1. The molecule has 2 saturated carbocycles. The van der Waals surface area contributed by atoms with Crippen LogP contribution in [0.15, 0.2) is 18.2 Å². The molecule has 3 rings (SSSR count). The molecule has 0 heterocycles. The summed E-state index contributed by atoms with van der Waals surface area (Å²) < 4.78 is 0. The van der Waals surface area contributed by atoms with Gasteiger partial charge in [-0.15, -0.1) is 0 Å². The van der Waals surface area contributed by atoms with Gasteiger partial charge < -0.3 is 10.2 Å². The molecule has 1 N–H and O–H groups in total. The molecule has 1 aromatic rings. The van der Waals surface area contributed by atoms with Crippen molar-refractivity contribution in [1.82, 2.24) is 0 Å². The standard InChI is InChI=1S/C18H28N2/c1-13-11-17(20(2)3)9-10-18(13)19-16-6-4-5-15(12-16)14-7-8-14/h9-11,14-16,19H,4-8,12H2,1-3H3. The summed E-state index contributed by atoms with van der Waals surface area (Å²) in [6.45, 7) is 2.22. The fraction of sp³-hybridized carbons (Fsp3) is 0.667. The van der Waals surface area contributed by atoms with Crippen LogP contribution in [-0.4, -0.2) is 20.1 Å². The molecule has 0 saturated heterocycles. The van der Waals surface area contributed by atoms with E-state index in [0.717, 1.165) is 11.8 Å². The lowest BCUT2D eigenvalue weighted by Gasteiger charge is -2.31. The number of anilines is 2. The molecule has 0 aromatic heterocycles. The summed E-state index contributed by atoms with van der Waals surface area (Å²) >= 11 is 0. The lowest BCUT2D eigenvalue weighted by atomic mass is 9.82. The summed E-state index contributed by atoms with van der Waals surface area (Å²) in [4.78, 5) is 2.17. The van der Waals surface area contributed by atoms with Gasteiger partial charge in [-0.1, -0.05) is 12.8 Å². The van der Waals surface area contributed by atoms with Crippen LogP contribution < -0.4 is 10.2 Å². The normalized spacial score (nSPS) is 26.4. The minimum Gasteiger partial charge on any atom is -0.382 e. The Morgan fingerprint density at radius 1 is 1.05 bits per heavy atom. The minimum absolute atomic E-state index is 0.693. The Morgan fingerprint density at radius 2 is 1.85 bits per heavy atom. The largest absolute Gasteiger partial charge is 0.382 e. The summed E-state index contributed by atoms with van der Waals surface area (Å²) in [5.41, 5.74) is 3.98. The Labute approximate surface area is 123 Å². The maximum Gasteiger partial charge on any atom is 0.0373 e. The van der Waals surface area contributed by atoms with Crippen molar-refractivity contribution in [3.63, 3.8) is 0 Å². The highest BCUT2D eigenvalue weighted by molar-refractivity contribution is 5.60. The average molecular weight is 272 g/mol. The third-order valence-corrected chi connectivity index (χ3v) is 5.09. The van der Waals surface area contributed by atoms with Gasteiger partial charge >= 0.3 is 0 Å². The lowest BCUT2D eigenvalue weighted by Crippen LogP contribution is -2.28. The third kappa shape index (κ3) is 3.11. The molecule has 2 aliphatic carbocycles. The van der Waals surface area contributed by atoms with E-state index in [1.807, 2.05) is 0 Å². The number of hydrogen-bond acceptors (Lipinski definition) is 2. The van der Waals surface area contributed by atoms with Crippen molar-refractivity contribution < 1.29 is 0 Å². The van der Waals surface area contributed by atoms with Crippen molar-refractivity contribution in [2.75, 3.05) is 24.3 Å². The molecule has 20 heavy (non-hydrogen) atoms. The molecular weight excluding hydrogens is 244 g/mol. The van der Waals surface area contributed by atoms with Crippen molar-refractivity contribution in [3.8, 4) is 0 Å². The van der Waals surface area contributed by atoms with Crippen LogP contribution in [0, 0.1) is 18.8 Å². The van der Waals surface area contributed by atoms with E-state index in [1.165, 1.54) is 55.5 Å². The van der Waals surface area contributed by atoms with Crippen LogP contribution in [0.4, 0.5) is 11.4 Å². The molecule has 110 valence electrons. The smallest absolute Gasteiger partial charge is 0.0373 e. The van der Waals surface area contributed by atoms with E-state index in [1.54, 1.807) is 0 Å².